The molecule has 3 rings (SSSR count). The molecule has 3 N–H and O–H groups in total. The summed E-state index contributed by atoms with van der Waals surface area (Å²) in [5.41, 5.74) is 6.64. The number of hydrogen-bond acceptors (Lipinski definition) is 3. The molecule has 1 saturated carbocycles. The van der Waals surface area contributed by atoms with E-state index in [1.54, 1.807) is 7.11 Å². The Morgan fingerprint density at radius 3 is 2.43 bits per heavy atom. The number of rotatable bonds is 5. The average Bonchev–Trinajstić information content (AvgIpc) is 2.48. The van der Waals surface area contributed by atoms with Crippen LogP contribution < -0.4 is 16.0 Å². The van der Waals surface area contributed by atoms with Crippen molar-refractivity contribution in [1.29, 1.82) is 0 Å². The zero-order valence-electron chi connectivity index (χ0n) is 12.4. The first-order valence-corrected chi connectivity index (χ1v) is 7.51. The molecule has 110 valence electrons. The molecule has 0 spiro atoms. The molecule has 0 bridgehead atoms. The van der Waals surface area contributed by atoms with Crippen molar-refractivity contribution < 1.29 is 4.74 Å². The summed E-state index contributed by atoms with van der Waals surface area (Å²) in [6.45, 7) is 0. The lowest BCUT2D eigenvalue weighted by atomic mass is 9.79. The standard InChI is InChI=1S/C18H22N2O/c1-21-17-7-3-6-16(12-17)18(20-19)15-10-8-14(9-11-15)13-4-2-5-13/h3,6-13,18,20H,2,4-5,19H2,1H3. The normalized spacial score (nSPS) is 16.3. The Bertz CT molecular complexity index is 590. The Morgan fingerprint density at radius 1 is 1.10 bits per heavy atom. The van der Waals surface area contributed by atoms with Gasteiger partial charge in [-0.1, -0.05) is 42.8 Å². The molecule has 2 aromatic carbocycles. The third kappa shape index (κ3) is 2.94. The molecular weight excluding hydrogens is 260 g/mol. The van der Waals surface area contributed by atoms with Crippen molar-refractivity contribution in [3.8, 4) is 5.75 Å². The second kappa shape index (κ2) is 6.29. The number of hydrazine groups is 1. The first kappa shape index (κ1) is 14.1. The second-order valence-electron chi connectivity index (χ2n) is 5.67. The zero-order chi connectivity index (χ0) is 14.7. The van der Waals surface area contributed by atoms with Crippen LogP contribution in [0, 0.1) is 0 Å². The summed E-state index contributed by atoms with van der Waals surface area (Å²) < 4.78 is 5.29. The van der Waals surface area contributed by atoms with Crippen LogP contribution in [-0.4, -0.2) is 7.11 Å². The van der Waals surface area contributed by atoms with Crippen molar-refractivity contribution in [2.75, 3.05) is 7.11 Å². The highest BCUT2D eigenvalue weighted by Crippen LogP contribution is 2.36. The van der Waals surface area contributed by atoms with Crippen molar-refractivity contribution >= 4 is 0 Å². The third-order valence-electron chi connectivity index (χ3n) is 4.44. The van der Waals surface area contributed by atoms with Gasteiger partial charge >= 0.3 is 0 Å². The maximum Gasteiger partial charge on any atom is 0.119 e. The average molecular weight is 282 g/mol. The molecule has 1 aliphatic carbocycles. The third-order valence-corrected chi connectivity index (χ3v) is 4.44. The fourth-order valence-corrected chi connectivity index (χ4v) is 2.91. The molecule has 0 aliphatic heterocycles. The minimum Gasteiger partial charge on any atom is -0.497 e. The summed E-state index contributed by atoms with van der Waals surface area (Å²) in [6, 6.07) is 16.8. The monoisotopic (exact) mass is 282 g/mol. The molecule has 0 amide bonds. The van der Waals surface area contributed by atoms with Crippen molar-refractivity contribution in [3.05, 3.63) is 65.2 Å². The lowest BCUT2D eigenvalue weighted by Crippen LogP contribution is -2.28. The van der Waals surface area contributed by atoms with Gasteiger partial charge in [0.25, 0.3) is 0 Å². The first-order chi connectivity index (χ1) is 10.3. The number of ether oxygens (including phenoxy) is 1. The highest BCUT2D eigenvalue weighted by molar-refractivity contribution is 5.38. The van der Waals surface area contributed by atoms with Crippen molar-refractivity contribution in [3.63, 3.8) is 0 Å². The summed E-state index contributed by atoms with van der Waals surface area (Å²) >= 11 is 0. The quantitative estimate of drug-likeness (QED) is 0.651. The predicted octanol–water partition coefficient (Wildman–Crippen LogP) is 3.52. The van der Waals surface area contributed by atoms with Crippen LogP contribution in [0.2, 0.25) is 0 Å². The maximum atomic E-state index is 5.77. The Kier molecular flexibility index (Phi) is 4.23. The van der Waals surface area contributed by atoms with E-state index in [0.29, 0.717) is 0 Å². The van der Waals surface area contributed by atoms with Gasteiger partial charge in [0.1, 0.15) is 5.75 Å². The van der Waals surface area contributed by atoms with E-state index in [4.69, 9.17) is 10.6 Å². The van der Waals surface area contributed by atoms with Gasteiger partial charge in [0.15, 0.2) is 0 Å². The molecule has 3 heteroatoms. The van der Waals surface area contributed by atoms with Gasteiger partial charge in [0, 0.05) is 0 Å². The van der Waals surface area contributed by atoms with Crippen LogP contribution in [-0.2, 0) is 0 Å². The van der Waals surface area contributed by atoms with E-state index in [-0.39, 0.29) is 6.04 Å². The second-order valence-corrected chi connectivity index (χ2v) is 5.67. The van der Waals surface area contributed by atoms with Crippen molar-refractivity contribution in [2.45, 2.75) is 31.2 Å². The van der Waals surface area contributed by atoms with Gasteiger partial charge in [-0.05, 0) is 47.6 Å². The molecule has 0 heterocycles. The Hall–Kier alpha value is -1.84. The molecule has 3 nitrogen and oxygen atoms in total. The SMILES string of the molecule is COc1cccc(C(NN)c2ccc(C3CCC3)cc2)c1. The van der Waals surface area contributed by atoms with E-state index < -0.39 is 0 Å². The molecule has 1 atom stereocenters. The van der Waals surface area contributed by atoms with Gasteiger partial charge < -0.3 is 4.74 Å². The fraction of sp³-hybridized carbons (Fsp3) is 0.333. The largest absolute Gasteiger partial charge is 0.497 e. The molecule has 1 fully saturated rings. The summed E-state index contributed by atoms with van der Waals surface area (Å²) in [7, 11) is 1.68. The summed E-state index contributed by atoms with van der Waals surface area (Å²) in [5.74, 6) is 7.38. The molecule has 2 aromatic rings. The van der Waals surface area contributed by atoms with Crippen molar-refractivity contribution in [2.24, 2.45) is 5.84 Å². The zero-order valence-corrected chi connectivity index (χ0v) is 12.4. The predicted molar refractivity (Wildman–Crippen MR) is 85.2 cm³/mol. The molecule has 1 unspecified atom stereocenters. The van der Waals surface area contributed by atoms with E-state index in [2.05, 4.69) is 35.8 Å². The molecule has 0 saturated heterocycles. The van der Waals surface area contributed by atoms with Gasteiger partial charge in [0.05, 0.1) is 13.2 Å². The lowest BCUT2D eigenvalue weighted by Gasteiger charge is -2.26. The van der Waals surface area contributed by atoms with Gasteiger partial charge in [-0.15, -0.1) is 0 Å². The summed E-state index contributed by atoms with van der Waals surface area (Å²) in [4.78, 5) is 0. The molecule has 21 heavy (non-hydrogen) atoms. The first-order valence-electron chi connectivity index (χ1n) is 7.51. The van der Waals surface area contributed by atoms with Crippen molar-refractivity contribution in [1.82, 2.24) is 5.43 Å². The van der Waals surface area contributed by atoms with Crippen LogP contribution in [0.3, 0.4) is 0 Å². The van der Waals surface area contributed by atoms with E-state index in [0.717, 1.165) is 17.2 Å². The Balaban J connectivity index is 1.84. The minimum absolute atomic E-state index is 0.0180. The highest BCUT2D eigenvalue weighted by Gasteiger charge is 2.20. The minimum atomic E-state index is -0.0180. The molecule has 0 radical (unpaired) electrons. The number of hydrogen-bond donors (Lipinski definition) is 2. The topological polar surface area (TPSA) is 47.3 Å². The van der Waals surface area contributed by atoms with E-state index in [1.807, 2.05) is 18.2 Å². The van der Waals surface area contributed by atoms with E-state index in [1.165, 1.54) is 30.4 Å². The maximum absolute atomic E-state index is 5.77. The van der Waals surface area contributed by atoms with Gasteiger partial charge in [-0.25, -0.2) is 5.43 Å². The van der Waals surface area contributed by atoms with E-state index in [9.17, 15) is 0 Å². The van der Waals surface area contributed by atoms with Crippen LogP contribution in [0.5, 0.6) is 5.75 Å². The van der Waals surface area contributed by atoms with Gasteiger partial charge in [-0.2, -0.15) is 0 Å². The molecule has 1 aliphatic rings. The van der Waals surface area contributed by atoms with Gasteiger partial charge in [-0.3, -0.25) is 5.84 Å². The Morgan fingerprint density at radius 2 is 1.86 bits per heavy atom. The van der Waals surface area contributed by atoms with Crippen LogP contribution >= 0.6 is 0 Å². The van der Waals surface area contributed by atoms with Crippen LogP contribution in [0.15, 0.2) is 48.5 Å². The number of nitrogens with two attached hydrogens (primary N) is 1. The highest BCUT2D eigenvalue weighted by atomic mass is 16.5. The number of benzene rings is 2. The smallest absolute Gasteiger partial charge is 0.119 e. The lowest BCUT2D eigenvalue weighted by molar-refractivity contribution is 0.413. The number of methoxy groups -OCH3 is 1. The van der Waals surface area contributed by atoms with Gasteiger partial charge in [0.2, 0.25) is 0 Å². The summed E-state index contributed by atoms with van der Waals surface area (Å²) in [5, 5.41) is 0. The van der Waals surface area contributed by atoms with Crippen LogP contribution in [0.1, 0.15) is 47.9 Å². The van der Waals surface area contributed by atoms with Crippen LogP contribution in [0.4, 0.5) is 0 Å². The number of nitrogens with one attached hydrogen (secondary N) is 1. The van der Waals surface area contributed by atoms with Crippen LogP contribution in [0.25, 0.3) is 0 Å². The molecular formula is C18H22N2O. The molecule has 0 aromatic heterocycles. The van der Waals surface area contributed by atoms with E-state index >= 15 is 0 Å². The fourth-order valence-electron chi connectivity index (χ4n) is 2.91. The Labute approximate surface area is 126 Å². The summed E-state index contributed by atoms with van der Waals surface area (Å²) in [6.07, 6.45) is 4.02.